The normalized spacial score (nSPS) is 11.5. The number of hydrogen-bond acceptors (Lipinski definition) is 3. The molecule has 0 radical (unpaired) electrons. The first-order chi connectivity index (χ1) is 11.1. The van der Waals surface area contributed by atoms with Gasteiger partial charge >= 0.3 is 0 Å². The highest BCUT2D eigenvalue weighted by atomic mass is 35.5. The molecule has 0 aromatic heterocycles. The van der Waals surface area contributed by atoms with Crippen LogP contribution in [-0.4, -0.2) is 12.9 Å². The third kappa shape index (κ3) is 4.84. The third-order valence-electron chi connectivity index (χ3n) is 3.68. The van der Waals surface area contributed by atoms with E-state index in [1.54, 1.807) is 31.4 Å². The lowest BCUT2D eigenvalue weighted by Crippen LogP contribution is -2.11. The van der Waals surface area contributed by atoms with Crippen LogP contribution >= 0.6 is 11.6 Å². The van der Waals surface area contributed by atoms with E-state index in [0.717, 1.165) is 17.7 Å². The monoisotopic (exact) mass is 327 g/mol. The summed E-state index contributed by atoms with van der Waals surface area (Å²) in [7, 11) is 1.63. The molecule has 0 aliphatic carbocycles. The molecule has 0 aliphatic rings. The summed E-state index contributed by atoms with van der Waals surface area (Å²) >= 11 is 5.93. The zero-order chi connectivity index (χ0) is 16.7. The SMILES string of the molecule is COc1ccc(CCCC(=O)C(C#N)c2cccc(Cl)c2)cc1. The van der Waals surface area contributed by atoms with Gasteiger partial charge in [-0.25, -0.2) is 0 Å². The van der Waals surface area contributed by atoms with Crippen molar-refractivity contribution in [2.45, 2.75) is 25.2 Å². The number of aryl methyl sites for hydroxylation is 1. The molecule has 0 heterocycles. The molecule has 118 valence electrons. The van der Waals surface area contributed by atoms with Crippen molar-refractivity contribution >= 4 is 17.4 Å². The Morgan fingerprint density at radius 1 is 1.26 bits per heavy atom. The number of carbonyl (C=O) groups is 1. The summed E-state index contributed by atoms with van der Waals surface area (Å²) in [6, 6.07) is 16.8. The Bertz CT molecular complexity index is 704. The van der Waals surface area contributed by atoms with E-state index in [-0.39, 0.29) is 5.78 Å². The van der Waals surface area contributed by atoms with Crippen LogP contribution in [0.1, 0.15) is 29.9 Å². The Morgan fingerprint density at radius 2 is 2.00 bits per heavy atom. The number of hydrogen-bond donors (Lipinski definition) is 0. The van der Waals surface area contributed by atoms with Crippen molar-refractivity contribution in [1.29, 1.82) is 5.26 Å². The van der Waals surface area contributed by atoms with E-state index >= 15 is 0 Å². The minimum atomic E-state index is -0.746. The second kappa shape index (κ2) is 8.36. The van der Waals surface area contributed by atoms with Crippen LogP contribution < -0.4 is 4.74 Å². The molecule has 1 unspecified atom stereocenters. The molecule has 2 rings (SSSR count). The standard InChI is InChI=1S/C19H18ClNO2/c1-23-17-10-8-14(9-11-17)4-2-7-19(22)18(13-21)15-5-3-6-16(20)12-15/h3,5-6,8-12,18H,2,4,7H2,1H3. The lowest BCUT2D eigenvalue weighted by molar-refractivity contribution is -0.119. The maximum atomic E-state index is 12.3. The highest BCUT2D eigenvalue weighted by Gasteiger charge is 2.19. The van der Waals surface area contributed by atoms with Crippen molar-refractivity contribution in [3.63, 3.8) is 0 Å². The van der Waals surface area contributed by atoms with Gasteiger partial charge in [0, 0.05) is 11.4 Å². The van der Waals surface area contributed by atoms with Gasteiger partial charge in [0.05, 0.1) is 13.2 Å². The molecule has 0 N–H and O–H groups in total. The topological polar surface area (TPSA) is 50.1 Å². The number of ketones is 1. The van der Waals surface area contributed by atoms with Gasteiger partial charge in [-0.3, -0.25) is 4.79 Å². The molecule has 2 aromatic carbocycles. The highest BCUT2D eigenvalue weighted by Crippen LogP contribution is 2.22. The Morgan fingerprint density at radius 3 is 2.61 bits per heavy atom. The zero-order valence-corrected chi connectivity index (χ0v) is 13.7. The molecule has 3 nitrogen and oxygen atoms in total. The maximum Gasteiger partial charge on any atom is 0.154 e. The van der Waals surface area contributed by atoms with Gasteiger partial charge in [-0.2, -0.15) is 5.26 Å². The Kier molecular flexibility index (Phi) is 6.19. The Balaban J connectivity index is 1.91. The first kappa shape index (κ1) is 17.1. The van der Waals surface area contributed by atoms with Gasteiger partial charge in [-0.15, -0.1) is 0 Å². The van der Waals surface area contributed by atoms with Gasteiger partial charge in [-0.05, 0) is 48.2 Å². The number of methoxy groups -OCH3 is 1. The molecule has 0 spiro atoms. The van der Waals surface area contributed by atoms with E-state index in [1.165, 1.54) is 0 Å². The van der Waals surface area contributed by atoms with Crippen LogP contribution in [0.5, 0.6) is 5.75 Å². The summed E-state index contributed by atoms with van der Waals surface area (Å²) in [5.41, 5.74) is 1.81. The lowest BCUT2D eigenvalue weighted by Gasteiger charge is -2.09. The van der Waals surface area contributed by atoms with Crippen molar-refractivity contribution in [2.24, 2.45) is 0 Å². The van der Waals surface area contributed by atoms with E-state index in [2.05, 4.69) is 6.07 Å². The lowest BCUT2D eigenvalue weighted by atomic mass is 9.92. The third-order valence-corrected chi connectivity index (χ3v) is 3.92. The van der Waals surface area contributed by atoms with Crippen molar-refractivity contribution in [3.05, 3.63) is 64.7 Å². The van der Waals surface area contributed by atoms with Gasteiger partial charge in [0.2, 0.25) is 0 Å². The number of Topliss-reactive ketones (excluding diaryl/α,β-unsaturated/α-hetero) is 1. The van der Waals surface area contributed by atoms with Gasteiger partial charge in [0.1, 0.15) is 11.7 Å². The van der Waals surface area contributed by atoms with Gasteiger partial charge < -0.3 is 4.74 Å². The minimum Gasteiger partial charge on any atom is -0.497 e. The molecule has 1 atom stereocenters. The van der Waals surface area contributed by atoms with Crippen LogP contribution in [0.2, 0.25) is 5.02 Å². The molecule has 4 heteroatoms. The predicted molar refractivity (Wildman–Crippen MR) is 90.7 cm³/mol. The minimum absolute atomic E-state index is 0.0664. The first-order valence-electron chi connectivity index (χ1n) is 7.44. The Labute approximate surface area is 141 Å². The molecule has 2 aromatic rings. The second-order valence-corrected chi connectivity index (χ2v) is 5.72. The van der Waals surface area contributed by atoms with E-state index in [4.69, 9.17) is 16.3 Å². The highest BCUT2D eigenvalue weighted by molar-refractivity contribution is 6.30. The van der Waals surface area contributed by atoms with Crippen LogP contribution in [0.3, 0.4) is 0 Å². The largest absolute Gasteiger partial charge is 0.497 e. The van der Waals surface area contributed by atoms with Crippen LogP contribution in [0.4, 0.5) is 0 Å². The first-order valence-corrected chi connectivity index (χ1v) is 7.82. The van der Waals surface area contributed by atoms with E-state index in [1.807, 2.05) is 24.3 Å². The number of carbonyl (C=O) groups excluding carboxylic acids is 1. The number of rotatable bonds is 7. The van der Waals surface area contributed by atoms with Crippen molar-refractivity contribution in [1.82, 2.24) is 0 Å². The summed E-state index contributed by atoms with van der Waals surface area (Å²) in [5.74, 6) is 0.00294. The molecule has 0 amide bonds. The quantitative estimate of drug-likeness (QED) is 0.749. The van der Waals surface area contributed by atoms with E-state index in [0.29, 0.717) is 23.4 Å². The van der Waals surface area contributed by atoms with Crippen molar-refractivity contribution in [2.75, 3.05) is 7.11 Å². The Hall–Kier alpha value is -2.31. The maximum absolute atomic E-state index is 12.3. The summed E-state index contributed by atoms with van der Waals surface area (Å²) in [6.45, 7) is 0. The average Bonchev–Trinajstić information content (AvgIpc) is 2.56. The van der Waals surface area contributed by atoms with E-state index < -0.39 is 5.92 Å². The number of benzene rings is 2. The second-order valence-electron chi connectivity index (χ2n) is 5.29. The van der Waals surface area contributed by atoms with E-state index in [9.17, 15) is 10.1 Å². The van der Waals surface area contributed by atoms with Gasteiger partial charge in [-0.1, -0.05) is 35.9 Å². The fourth-order valence-electron chi connectivity index (χ4n) is 2.42. The summed E-state index contributed by atoms with van der Waals surface area (Å²) < 4.78 is 5.12. The molecule has 0 fully saturated rings. The summed E-state index contributed by atoms with van der Waals surface area (Å²) in [6.07, 6.45) is 1.88. The fraction of sp³-hybridized carbons (Fsp3) is 0.263. The van der Waals surface area contributed by atoms with Gasteiger partial charge in [0.15, 0.2) is 5.78 Å². The number of nitriles is 1. The molecular weight excluding hydrogens is 310 g/mol. The van der Waals surface area contributed by atoms with Crippen molar-refractivity contribution < 1.29 is 9.53 Å². The molecule has 0 saturated heterocycles. The number of nitrogens with zero attached hydrogens (tertiary/aromatic N) is 1. The fourth-order valence-corrected chi connectivity index (χ4v) is 2.62. The van der Waals surface area contributed by atoms with Crippen LogP contribution in [0, 0.1) is 11.3 Å². The molecule has 23 heavy (non-hydrogen) atoms. The summed E-state index contributed by atoms with van der Waals surface area (Å²) in [4.78, 5) is 12.3. The number of ether oxygens (including phenoxy) is 1. The van der Waals surface area contributed by atoms with Crippen LogP contribution in [0.25, 0.3) is 0 Å². The zero-order valence-electron chi connectivity index (χ0n) is 13.0. The van der Waals surface area contributed by atoms with Crippen LogP contribution in [-0.2, 0) is 11.2 Å². The number of halogens is 1. The van der Waals surface area contributed by atoms with Crippen LogP contribution in [0.15, 0.2) is 48.5 Å². The molecule has 0 bridgehead atoms. The van der Waals surface area contributed by atoms with Crippen molar-refractivity contribution in [3.8, 4) is 11.8 Å². The molecular formula is C19H18ClNO2. The predicted octanol–water partition coefficient (Wildman–Crippen LogP) is 4.55. The summed E-state index contributed by atoms with van der Waals surface area (Å²) in [5, 5.41) is 9.82. The smallest absolute Gasteiger partial charge is 0.154 e. The van der Waals surface area contributed by atoms with Gasteiger partial charge in [0.25, 0.3) is 0 Å². The average molecular weight is 328 g/mol. The molecule has 0 saturated carbocycles. The molecule has 0 aliphatic heterocycles.